The predicted molar refractivity (Wildman–Crippen MR) is 79.9 cm³/mol. The lowest BCUT2D eigenvalue weighted by Gasteiger charge is -2.28. The minimum absolute atomic E-state index is 0.334. The number of aryl methyl sites for hydroxylation is 1. The smallest absolute Gasteiger partial charge is 0.141 e. The molecule has 106 valence electrons. The van der Waals surface area contributed by atoms with Crippen LogP contribution < -0.4 is 5.73 Å². The van der Waals surface area contributed by atoms with Crippen molar-refractivity contribution in [2.75, 3.05) is 0 Å². The van der Waals surface area contributed by atoms with E-state index < -0.39 is 5.54 Å². The summed E-state index contributed by atoms with van der Waals surface area (Å²) in [6.07, 6.45) is 3.71. The maximum atomic E-state index is 13.0. The van der Waals surface area contributed by atoms with E-state index in [2.05, 4.69) is 36.2 Å². The summed E-state index contributed by atoms with van der Waals surface area (Å²) in [5.41, 5.74) is 9.16. The lowest BCUT2D eigenvalue weighted by molar-refractivity contribution is 0.410. The third-order valence-electron chi connectivity index (χ3n) is 3.82. The normalized spacial score (nSPS) is 14.0. The minimum atomic E-state index is -0.554. The second-order valence-corrected chi connectivity index (χ2v) is 5.22. The monoisotopic (exact) mass is 272 g/mol. The van der Waals surface area contributed by atoms with Crippen LogP contribution in [0.1, 0.15) is 37.1 Å². The fourth-order valence-electron chi connectivity index (χ4n) is 2.32. The van der Waals surface area contributed by atoms with Gasteiger partial charge in [0.15, 0.2) is 0 Å². The first-order valence-electron chi connectivity index (χ1n) is 7.06. The van der Waals surface area contributed by atoms with Crippen LogP contribution in [0, 0.1) is 5.82 Å². The van der Waals surface area contributed by atoms with Crippen molar-refractivity contribution in [3.05, 3.63) is 65.2 Å². The van der Waals surface area contributed by atoms with Gasteiger partial charge in [-0.15, -0.1) is 0 Å². The van der Waals surface area contributed by atoms with Gasteiger partial charge in [-0.3, -0.25) is 4.98 Å². The number of rotatable bonds is 5. The molecular formula is C17H21FN2. The molecule has 0 aliphatic rings. The van der Waals surface area contributed by atoms with Crippen molar-refractivity contribution in [3.63, 3.8) is 0 Å². The zero-order valence-corrected chi connectivity index (χ0v) is 12.1. The molecule has 1 aromatic carbocycles. The van der Waals surface area contributed by atoms with Crippen LogP contribution in [-0.4, -0.2) is 4.98 Å². The highest BCUT2D eigenvalue weighted by atomic mass is 19.1. The average molecular weight is 272 g/mol. The Labute approximate surface area is 119 Å². The number of hydrogen-bond donors (Lipinski definition) is 1. The van der Waals surface area contributed by atoms with Crippen LogP contribution in [0.25, 0.3) is 0 Å². The van der Waals surface area contributed by atoms with Crippen molar-refractivity contribution < 1.29 is 4.39 Å². The van der Waals surface area contributed by atoms with E-state index in [4.69, 9.17) is 5.73 Å². The average Bonchev–Trinajstić information content (AvgIpc) is 2.48. The van der Waals surface area contributed by atoms with Gasteiger partial charge >= 0.3 is 0 Å². The van der Waals surface area contributed by atoms with E-state index >= 15 is 0 Å². The number of hydrogen-bond acceptors (Lipinski definition) is 2. The standard InChI is InChI=1S/C17H21FN2/c1-3-13-5-7-14(8-6-13)11-17(19,4-2)16-10-9-15(18)12-20-16/h5-10,12H,3-4,11,19H2,1-2H3. The van der Waals surface area contributed by atoms with Gasteiger partial charge in [-0.05, 0) is 42.5 Å². The van der Waals surface area contributed by atoms with E-state index in [1.807, 2.05) is 6.92 Å². The maximum Gasteiger partial charge on any atom is 0.141 e. The molecule has 2 rings (SSSR count). The lowest BCUT2D eigenvalue weighted by Crippen LogP contribution is -2.39. The van der Waals surface area contributed by atoms with Crippen LogP contribution in [0.15, 0.2) is 42.6 Å². The van der Waals surface area contributed by atoms with Gasteiger partial charge in [-0.25, -0.2) is 4.39 Å². The summed E-state index contributed by atoms with van der Waals surface area (Å²) in [5.74, 6) is -0.334. The largest absolute Gasteiger partial charge is 0.320 e. The molecule has 0 aliphatic carbocycles. The van der Waals surface area contributed by atoms with Gasteiger partial charge in [0.25, 0.3) is 0 Å². The highest BCUT2D eigenvalue weighted by Gasteiger charge is 2.27. The van der Waals surface area contributed by atoms with E-state index in [1.165, 1.54) is 23.4 Å². The molecule has 0 amide bonds. The fourth-order valence-corrected chi connectivity index (χ4v) is 2.32. The molecule has 20 heavy (non-hydrogen) atoms. The Morgan fingerprint density at radius 2 is 1.70 bits per heavy atom. The topological polar surface area (TPSA) is 38.9 Å². The molecule has 0 spiro atoms. The highest BCUT2D eigenvalue weighted by Crippen LogP contribution is 2.25. The van der Waals surface area contributed by atoms with E-state index in [0.29, 0.717) is 6.42 Å². The molecule has 1 atom stereocenters. The number of pyridine rings is 1. The summed E-state index contributed by atoms with van der Waals surface area (Å²) in [7, 11) is 0. The van der Waals surface area contributed by atoms with Gasteiger partial charge in [0.05, 0.1) is 17.4 Å². The summed E-state index contributed by atoms with van der Waals surface area (Å²) in [6, 6.07) is 11.6. The Hall–Kier alpha value is -1.74. The van der Waals surface area contributed by atoms with Crippen LogP contribution in [0.4, 0.5) is 4.39 Å². The third-order valence-corrected chi connectivity index (χ3v) is 3.82. The van der Waals surface area contributed by atoms with Crippen molar-refractivity contribution in [2.45, 2.75) is 38.6 Å². The summed E-state index contributed by atoms with van der Waals surface area (Å²) in [5, 5.41) is 0. The Kier molecular flexibility index (Phi) is 4.50. The number of nitrogens with zero attached hydrogens (tertiary/aromatic N) is 1. The molecule has 2 N–H and O–H groups in total. The zero-order chi connectivity index (χ0) is 14.6. The molecule has 2 nitrogen and oxygen atoms in total. The van der Waals surface area contributed by atoms with Gasteiger partial charge in [-0.1, -0.05) is 38.1 Å². The lowest BCUT2D eigenvalue weighted by atomic mass is 9.85. The van der Waals surface area contributed by atoms with Gasteiger partial charge in [0.1, 0.15) is 5.82 Å². The summed E-state index contributed by atoms with van der Waals surface area (Å²) < 4.78 is 13.0. The molecule has 0 saturated heterocycles. The van der Waals surface area contributed by atoms with Crippen molar-refractivity contribution in [1.82, 2.24) is 4.98 Å². The molecule has 1 heterocycles. The van der Waals surface area contributed by atoms with Crippen LogP contribution in [0.2, 0.25) is 0 Å². The summed E-state index contributed by atoms with van der Waals surface area (Å²) >= 11 is 0. The number of benzene rings is 1. The van der Waals surface area contributed by atoms with Crippen LogP contribution in [0.5, 0.6) is 0 Å². The highest BCUT2D eigenvalue weighted by molar-refractivity contribution is 5.27. The Balaban J connectivity index is 2.23. The first-order valence-corrected chi connectivity index (χ1v) is 7.06. The number of aromatic nitrogens is 1. The number of nitrogens with two attached hydrogens (primary N) is 1. The van der Waals surface area contributed by atoms with Crippen LogP contribution >= 0.6 is 0 Å². The predicted octanol–water partition coefficient (Wildman–Crippen LogP) is 3.59. The molecule has 1 unspecified atom stereocenters. The molecule has 3 heteroatoms. The van der Waals surface area contributed by atoms with Gasteiger partial charge in [0, 0.05) is 0 Å². The molecule has 0 saturated carbocycles. The fraction of sp³-hybridized carbons (Fsp3) is 0.353. The van der Waals surface area contributed by atoms with Crippen molar-refractivity contribution in [1.29, 1.82) is 0 Å². The summed E-state index contributed by atoms with van der Waals surface area (Å²) in [6.45, 7) is 4.17. The van der Waals surface area contributed by atoms with E-state index in [1.54, 1.807) is 6.07 Å². The molecule has 0 aliphatic heterocycles. The van der Waals surface area contributed by atoms with Crippen molar-refractivity contribution >= 4 is 0 Å². The van der Waals surface area contributed by atoms with Crippen molar-refractivity contribution in [2.24, 2.45) is 5.73 Å². The SMILES string of the molecule is CCc1ccc(CC(N)(CC)c2ccc(F)cn2)cc1. The van der Waals surface area contributed by atoms with Gasteiger partial charge in [-0.2, -0.15) is 0 Å². The van der Waals surface area contributed by atoms with E-state index in [9.17, 15) is 4.39 Å². The maximum absolute atomic E-state index is 13.0. The quantitative estimate of drug-likeness (QED) is 0.903. The molecule has 0 bridgehead atoms. The molecule has 0 fully saturated rings. The van der Waals surface area contributed by atoms with E-state index in [0.717, 1.165) is 18.5 Å². The second-order valence-electron chi connectivity index (χ2n) is 5.22. The third kappa shape index (κ3) is 3.23. The zero-order valence-electron chi connectivity index (χ0n) is 12.1. The molecular weight excluding hydrogens is 251 g/mol. The first kappa shape index (κ1) is 14.7. The van der Waals surface area contributed by atoms with Crippen molar-refractivity contribution in [3.8, 4) is 0 Å². The Morgan fingerprint density at radius 1 is 1.05 bits per heavy atom. The number of halogens is 1. The summed E-state index contributed by atoms with van der Waals surface area (Å²) in [4.78, 5) is 4.15. The molecule has 2 aromatic rings. The van der Waals surface area contributed by atoms with Gasteiger partial charge in [0.2, 0.25) is 0 Å². The first-order chi connectivity index (χ1) is 9.57. The van der Waals surface area contributed by atoms with Crippen LogP contribution in [-0.2, 0) is 18.4 Å². The molecule has 1 aromatic heterocycles. The Bertz CT molecular complexity index is 548. The Morgan fingerprint density at radius 3 is 2.20 bits per heavy atom. The van der Waals surface area contributed by atoms with Crippen LogP contribution in [0.3, 0.4) is 0 Å². The second kappa shape index (κ2) is 6.14. The molecule has 0 radical (unpaired) electrons. The van der Waals surface area contributed by atoms with Gasteiger partial charge < -0.3 is 5.73 Å². The van der Waals surface area contributed by atoms with E-state index in [-0.39, 0.29) is 5.82 Å². The minimum Gasteiger partial charge on any atom is -0.320 e.